The van der Waals surface area contributed by atoms with Crippen LogP contribution < -0.4 is 0 Å². The molecule has 12 nitrogen and oxygen atoms in total. The molecule has 2 heterocycles. The zero-order valence-electron chi connectivity index (χ0n) is 31.5. The minimum Gasteiger partial charge on any atom is -0.481 e. The summed E-state index contributed by atoms with van der Waals surface area (Å²) in [6.45, 7) is 13.7. The normalized spacial score (nSPS) is 43.7. The number of carboxylic acids is 1. The van der Waals surface area contributed by atoms with Crippen LogP contribution in [0.3, 0.4) is 0 Å². The van der Waals surface area contributed by atoms with Crippen molar-refractivity contribution in [1.29, 1.82) is 0 Å². The SMILES string of the molecule is CCOC1CC2COC(=O)C2CC1OC(=O)C(C)(C)CC1C(=O)OC(=O)C1C1C2CC(CC2C(=O)OC(C)(C)C)C1C1C(C)C2CC(C(=O)O)C1C2. The number of hydrogen-bond acceptors (Lipinski definition) is 11. The number of fused-ring (bicyclic) bond motifs is 5. The largest absolute Gasteiger partial charge is 0.481 e. The standard InChI is InChI=1S/C40H56O12/c1-8-48-27-13-20-16-49-34(43)21(20)14-28(27)50-38(47)40(6,7)15-26-32(37(46)51-35(26)44)31-23-11-19(12-25(23)36(45)52-39(3,4)5)30(31)29-17(2)18-9-22(29)24(10-18)33(41)42/h17-32H,8-16H2,1-7H3,(H,41,42). The Hall–Kier alpha value is -3.02. The van der Waals surface area contributed by atoms with E-state index in [-0.39, 0.29) is 71.6 Å². The minimum absolute atomic E-state index is 0.00909. The lowest BCUT2D eigenvalue weighted by Crippen LogP contribution is -2.48. The number of aliphatic carboxylic acids is 1. The second kappa shape index (κ2) is 13.4. The molecule has 288 valence electrons. The number of ether oxygens (including phenoxy) is 5. The molecule has 1 N–H and O–H groups in total. The highest BCUT2D eigenvalue weighted by atomic mass is 16.6. The van der Waals surface area contributed by atoms with Gasteiger partial charge in [0.25, 0.3) is 0 Å². The van der Waals surface area contributed by atoms with E-state index in [9.17, 15) is 33.9 Å². The number of carboxylic acid groups (broad SMARTS) is 1. The highest BCUT2D eigenvalue weighted by Crippen LogP contribution is 2.68. The van der Waals surface area contributed by atoms with E-state index in [0.29, 0.717) is 45.3 Å². The molecule has 5 saturated carbocycles. The molecule has 52 heavy (non-hydrogen) atoms. The third-order valence-corrected chi connectivity index (χ3v) is 14.4. The van der Waals surface area contributed by atoms with Crippen molar-refractivity contribution in [2.45, 2.75) is 111 Å². The van der Waals surface area contributed by atoms with Gasteiger partial charge in [-0.05, 0) is 127 Å². The van der Waals surface area contributed by atoms with Gasteiger partial charge in [-0.15, -0.1) is 0 Å². The number of cyclic esters (lactones) is 3. The lowest BCUT2D eigenvalue weighted by atomic mass is 9.56. The summed E-state index contributed by atoms with van der Waals surface area (Å²) in [4.78, 5) is 80.2. The Morgan fingerprint density at radius 3 is 2.12 bits per heavy atom. The molecule has 7 rings (SSSR count). The zero-order chi connectivity index (χ0) is 37.6. The molecule has 2 aliphatic heterocycles. The van der Waals surface area contributed by atoms with Gasteiger partial charge < -0.3 is 28.8 Å². The summed E-state index contributed by atoms with van der Waals surface area (Å²) in [5.74, 6) is -6.47. The van der Waals surface area contributed by atoms with Crippen LogP contribution in [0.1, 0.15) is 93.4 Å². The molecule has 0 aromatic carbocycles. The molecular weight excluding hydrogens is 672 g/mol. The monoisotopic (exact) mass is 728 g/mol. The molecule has 0 aromatic rings. The minimum atomic E-state index is -1.22. The number of carbonyl (C=O) groups is 6. The molecule has 0 amide bonds. The highest BCUT2D eigenvalue weighted by molar-refractivity contribution is 5.97. The summed E-state index contributed by atoms with van der Waals surface area (Å²) in [5.41, 5.74) is -1.92. The van der Waals surface area contributed by atoms with Gasteiger partial charge >= 0.3 is 35.8 Å². The van der Waals surface area contributed by atoms with Gasteiger partial charge in [0.15, 0.2) is 0 Å². The summed E-state index contributed by atoms with van der Waals surface area (Å²) in [6.07, 6.45) is 2.53. The first-order chi connectivity index (χ1) is 24.4. The van der Waals surface area contributed by atoms with Crippen LogP contribution in [0.15, 0.2) is 0 Å². The van der Waals surface area contributed by atoms with Crippen LogP contribution in [0.2, 0.25) is 0 Å². The maximum Gasteiger partial charge on any atom is 0.317 e. The van der Waals surface area contributed by atoms with Crippen LogP contribution in [0, 0.1) is 88.3 Å². The maximum atomic E-state index is 14.0. The van der Waals surface area contributed by atoms with Gasteiger partial charge in [0, 0.05) is 18.9 Å². The van der Waals surface area contributed by atoms with Crippen LogP contribution in [0.4, 0.5) is 0 Å². The van der Waals surface area contributed by atoms with E-state index in [1.165, 1.54) is 0 Å². The number of rotatable bonds is 10. The Labute approximate surface area is 305 Å². The first kappa shape index (κ1) is 37.3. The fourth-order valence-corrected chi connectivity index (χ4v) is 12.4. The molecule has 12 heteroatoms. The average Bonchev–Trinajstić information content (AvgIpc) is 3.89. The number of esters is 5. The predicted molar refractivity (Wildman–Crippen MR) is 181 cm³/mol. The molecule has 7 aliphatic rings. The second-order valence-electron chi connectivity index (χ2n) is 18.8. The fraction of sp³-hybridized carbons (Fsp3) is 0.850. The van der Waals surface area contributed by atoms with Crippen LogP contribution in [0.25, 0.3) is 0 Å². The Kier molecular flexibility index (Phi) is 9.59. The van der Waals surface area contributed by atoms with Gasteiger partial charge in [0.1, 0.15) is 11.7 Å². The Balaban J connectivity index is 1.16. The summed E-state index contributed by atoms with van der Waals surface area (Å²) < 4.78 is 28.7. The van der Waals surface area contributed by atoms with Crippen LogP contribution >= 0.6 is 0 Å². The molecular formula is C40H56O12. The van der Waals surface area contributed by atoms with Gasteiger partial charge in [0.2, 0.25) is 0 Å². The molecule has 7 fully saturated rings. The van der Waals surface area contributed by atoms with E-state index in [2.05, 4.69) is 6.92 Å². The lowest BCUT2D eigenvalue weighted by molar-refractivity contribution is -0.177. The summed E-state index contributed by atoms with van der Waals surface area (Å²) >= 11 is 0. The zero-order valence-corrected chi connectivity index (χ0v) is 31.5. The molecule has 0 spiro atoms. The molecule has 2 saturated heterocycles. The summed E-state index contributed by atoms with van der Waals surface area (Å²) in [5, 5.41) is 10.2. The maximum absolute atomic E-state index is 14.0. The van der Waals surface area contributed by atoms with E-state index in [1.54, 1.807) is 13.8 Å². The molecule has 16 unspecified atom stereocenters. The van der Waals surface area contributed by atoms with Gasteiger partial charge in [-0.2, -0.15) is 0 Å². The van der Waals surface area contributed by atoms with Crippen molar-refractivity contribution in [3.05, 3.63) is 0 Å². The predicted octanol–water partition coefficient (Wildman–Crippen LogP) is 4.84. The third-order valence-electron chi connectivity index (χ3n) is 14.4. The number of hydrogen-bond donors (Lipinski definition) is 1. The molecule has 16 atom stereocenters. The van der Waals surface area contributed by atoms with E-state index in [4.69, 9.17) is 23.7 Å². The molecule has 0 radical (unpaired) electrons. The molecule has 4 bridgehead atoms. The topological polar surface area (TPSA) is 169 Å². The van der Waals surface area contributed by atoms with Crippen LogP contribution in [0.5, 0.6) is 0 Å². The van der Waals surface area contributed by atoms with Crippen molar-refractivity contribution < 1.29 is 57.6 Å². The van der Waals surface area contributed by atoms with Gasteiger partial charge in [-0.3, -0.25) is 28.8 Å². The second-order valence-corrected chi connectivity index (χ2v) is 18.8. The summed E-state index contributed by atoms with van der Waals surface area (Å²) in [6, 6.07) is 0. The van der Waals surface area contributed by atoms with E-state index >= 15 is 0 Å². The third kappa shape index (κ3) is 6.36. The first-order valence-electron chi connectivity index (χ1n) is 19.6. The lowest BCUT2D eigenvalue weighted by Gasteiger charge is -2.46. The van der Waals surface area contributed by atoms with Crippen molar-refractivity contribution in [3.63, 3.8) is 0 Å². The van der Waals surface area contributed by atoms with Crippen LogP contribution in [-0.2, 0) is 52.5 Å². The average molecular weight is 729 g/mol. The van der Waals surface area contributed by atoms with Crippen molar-refractivity contribution >= 4 is 35.8 Å². The van der Waals surface area contributed by atoms with Crippen molar-refractivity contribution in [2.75, 3.05) is 13.2 Å². The van der Waals surface area contributed by atoms with Crippen molar-refractivity contribution in [1.82, 2.24) is 0 Å². The fourth-order valence-electron chi connectivity index (χ4n) is 12.4. The Morgan fingerprint density at radius 1 is 0.788 bits per heavy atom. The first-order valence-corrected chi connectivity index (χ1v) is 19.6. The van der Waals surface area contributed by atoms with Gasteiger partial charge in [-0.1, -0.05) is 6.92 Å². The van der Waals surface area contributed by atoms with E-state index < -0.39 is 76.7 Å². The highest BCUT2D eigenvalue weighted by Gasteiger charge is 2.68. The van der Waals surface area contributed by atoms with Crippen LogP contribution in [-0.4, -0.2) is 71.9 Å². The number of carbonyl (C=O) groups excluding carboxylic acids is 5. The van der Waals surface area contributed by atoms with Crippen molar-refractivity contribution in [2.24, 2.45) is 88.3 Å². The quantitative estimate of drug-likeness (QED) is 0.185. The smallest absolute Gasteiger partial charge is 0.317 e. The summed E-state index contributed by atoms with van der Waals surface area (Å²) in [7, 11) is 0. The molecule has 0 aromatic heterocycles. The van der Waals surface area contributed by atoms with Gasteiger partial charge in [0.05, 0.1) is 47.7 Å². The van der Waals surface area contributed by atoms with E-state index in [0.717, 1.165) is 6.42 Å². The Bertz CT molecular complexity index is 1490. The van der Waals surface area contributed by atoms with E-state index in [1.807, 2.05) is 27.7 Å². The van der Waals surface area contributed by atoms with Gasteiger partial charge in [-0.25, -0.2) is 0 Å². The molecule has 5 aliphatic carbocycles. The van der Waals surface area contributed by atoms with Crippen molar-refractivity contribution in [3.8, 4) is 0 Å². The Morgan fingerprint density at radius 2 is 1.46 bits per heavy atom.